The van der Waals surface area contributed by atoms with Crippen molar-refractivity contribution in [3.05, 3.63) is 0 Å². The Kier molecular flexibility index (Phi) is 30.0. The second-order valence-electron chi connectivity index (χ2n) is 5.65. The van der Waals surface area contributed by atoms with Crippen molar-refractivity contribution in [2.45, 2.75) is 79.1 Å². The topological polar surface area (TPSA) is 30.0 Å². The van der Waals surface area contributed by atoms with Crippen LogP contribution in [0.25, 0.3) is 0 Å². The molecule has 120 valence electrons. The summed E-state index contributed by atoms with van der Waals surface area (Å²) in [6, 6.07) is 0. The third-order valence-electron chi connectivity index (χ3n) is 3.94. The van der Waals surface area contributed by atoms with Gasteiger partial charge in [0.05, 0.1) is 26.2 Å². The van der Waals surface area contributed by atoms with Gasteiger partial charge in [-0.25, -0.2) is 0 Å². The summed E-state index contributed by atoms with van der Waals surface area (Å²) in [5.74, 6) is 0. The molecular weight excluding hydrogens is 325 g/mol. The summed E-state index contributed by atoms with van der Waals surface area (Å²) in [7, 11) is 0. The molecule has 0 heterocycles. The molecule has 0 aromatic carbocycles. The van der Waals surface area contributed by atoms with Crippen LogP contribution in [0, 0.1) is 0 Å². The summed E-state index contributed by atoms with van der Waals surface area (Å²) < 4.78 is 1.42. The van der Waals surface area contributed by atoms with Gasteiger partial charge in [-0.1, -0.05) is 53.4 Å². The largest absolute Gasteiger partial charge is 1.00 e. The molecule has 0 aliphatic rings. The number of hydrogen-bond donors (Lipinski definition) is 0. The van der Waals surface area contributed by atoms with Crippen LogP contribution in [0.1, 0.15) is 79.1 Å². The molecule has 4 heteroatoms. The molecule has 0 fully saturated rings. The molecule has 0 radical (unpaired) electrons. The van der Waals surface area contributed by atoms with E-state index in [0.29, 0.717) is 0 Å². The zero-order valence-corrected chi connectivity index (χ0v) is 18.3. The Morgan fingerprint density at radius 3 is 0.900 bits per heavy atom. The van der Waals surface area contributed by atoms with Crippen LogP contribution in [0.3, 0.4) is 0 Å². The Morgan fingerprint density at radius 2 is 0.750 bits per heavy atom. The van der Waals surface area contributed by atoms with Gasteiger partial charge in [0.2, 0.25) is 0 Å². The van der Waals surface area contributed by atoms with Gasteiger partial charge >= 0.3 is 29.6 Å². The molecule has 0 bridgehead atoms. The average molecular weight is 362 g/mol. The van der Waals surface area contributed by atoms with Gasteiger partial charge in [0.25, 0.3) is 0 Å². The first-order valence-corrected chi connectivity index (χ1v) is 8.09. The fourth-order valence-corrected chi connectivity index (χ4v) is 2.64. The van der Waals surface area contributed by atoms with E-state index in [0.717, 1.165) is 0 Å². The third kappa shape index (κ3) is 14.3. The first-order valence-electron chi connectivity index (χ1n) is 8.09. The molecule has 0 aliphatic carbocycles. The van der Waals surface area contributed by atoms with Gasteiger partial charge in [-0.2, -0.15) is 0 Å². The standard InChI is InChI=1S/C16H36N.BrH.Na.H2O/c1-5-9-13-17(14-10-6-2,15-11-7-3)16-12-8-4;;;/h5-16H2,1-4H3;1H;;1H2/q+1;;+1;/p-2. The summed E-state index contributed by atoms with van der Waals surface area (Å²) in [6.45, 7) is 15.0. The van der Waals surface area contributed by atoms with Gasteiger partial charge in [0, 0.05) is 0 Å². The fourth-order valence-electron chi connectivity index (χ4n) is 2.64. The van der Waals surface area contributed by atoms with Crippen molar-refractivity contribution in [1.82, 2.24) is 0 Å². The van der Waals surface area contributed by atoms with E-state index < -0.39 is 0 Å². The Balaban J connectivity index is -0.000000427. The predicted octanol–water partition coefficient (Wildman–Crippen LogP) is -1.17. The molecule has 0 spiro atoms. The van der Waals surface area contributed by atoms with E-state index in [1.165, 1.54) is 82.0 Å². The van der Waals surface area contributed by atoms with E-state index in [1.54, 1.807) is 0 Å². The zero-order valence-electron chi connectivity index (χ0n) is 14.8. The Hall–Kier alpha value is 1.40. The van der Waals surface area contributed by atoms with Crippen molar-refractivity contribution in [2.24, 2.45) is 0 Å². The molecule has 2 nitrogen and oxygen atoms in total. The van der Waals surface area contributed by atoms with Crippen LogP contribution >= 0.6 is 0 Å². The molecule has 0 unspecified atom stereocenters. The quantitative estimate of drug-likeness (QED) is 0.318. The molecule has 0 aromatic rings. The number of rotatable bonds is 12. The maximum absolute atomic E-state index is 2.33. The van der Waals surface area contributed by atoms with Gasteiger partial charge < -0.3 is 26.9 Å². The van der Waals surface area contributed by atoms with Gasteiger partial charge in [-0.3, -0.25) is 0 Å². The summed E-state index contributed by atoms with van der Waals surface area (Å²) in [6.07, 6.45) is 11.1. The number of quaternary nitrogens is 1. The molecule has 0 amide bonds. The van der Waals surface area contributed by atoms with Crippen molar-refractivity contribution in [1.29, 1.82) is 0 Å². The van der Waals surface area contributed by atoms with Crippen molar-refractivity contribution in [3.63, 3.8) is 0 Å². The van der Waals surface area contributed by atoms with E-state index in [2.05, 4.69) is 27.7 Å². The smallest absolute Gasteiger partial charge is 1.00 e. The van der Waals surface area contributed by atoms with Crippen LogP contribution in [0.15, 0.2) is 0 Å². The van der Waals surface area contributed by atoms with Crippen LogP contribution in [-0.2, 0) is 0 Å². The Labute approximate surface area is 161 Å². The van der Waals surface area contributed by atoms with Crippen LogP contribution in [-0.4, -0.2) is 36.1 Å². The SMILES string of the molecule is CCCC[N+](CCCC)(CCCC)CCCC.[Br-].[Na+].[OH-]. The Morgan fingerprint density at radius 1 is 0.550 bits per heavy atom. The number of hydrogen-bond acceptors (Lipinski definition) is 1. The molecular formula is C16H37BrNNaO. The molecule has 0 aliphatic heterocycles. The first kappa shape index (κ1) is 29.4. The molecule has 1 N–H and O–H groups in total. The first-order chi connectivity index (χ1) is 8.24. The van der Waals surface area contributed by atoms with Crippen molar-refractivity contribution < 1.29 is 56.5 Å². The van der Waals surface area contributed by atoms with Crippen LogP contribution in [0.2, 0.25) is 0 Å². The second kappa shape index (κ2) is 20.4. The predicted molar refractivity (Wildman–Crippen MR) is 81.3 cm³/mol. The second-order valence-corrected chi connectivity index (χ2v) is 5.65. The van der Waals surface area contributed by atoms with E-state index in [-0.39, 0.29) is 52.0 Å². The monoisotopic (exact) mass is 361 g/mol. The van der Waals surface area contributed by atoms with Crippen molar-refractivity contribution >= 4 is 0 Å². The molecule has 0 aromatic heterocycles. The van der Waals surface area contributed by atoms with E-state index in [9.17, 15) is 0 Å². The van der Waals surface area contributed by atoms with Gasteiger partial charge in [-0.15, -0.1) is 0 Å². The van der Waals surface area contributed by atoms with E-state index in [4.69, 9.17) is 0 Å². The molecule has 0 saturated carbocycles. The minimum absolute atomic E-state index is 0. The number of nitrogens with zero attached hydrogens (tertiary/aromatic N) is 1. The maximum Gasteiger partial charge on any atom is 1.00 e. The van der Waals surface area contributed by atoms with Crippen LogP contribution in [0.5, 0.6) is 0 Å². The molecule has 0 rings (SSSR count). The molecule has 0 saturated heterocycles. The minimum Gasteiger partial charge on any atom is -1.00 e. The van der Waals surface area contributed by atoms with Crippen LogP contribution in [0.4, 0.5) is 0 Å². The van der Waals surface area contributed by atoms with Gasteiger partial charge in [-0.05, 0) is 25.7 Å². The normalized spacial score (nSPS) is 10.2. The van der Waals surface area contributed by atoms with E-state index >= 15 is 0 Å². The third-order valence-corrected chi connectivity index (χ3v) is 3.94. The maximum atomic E-state index is 2.33. The summed E-state index contributed by atoms with van der Waals surface area (Å²) in [5.41, 5.74) is 0. The van der Waals surface area contributed by atoms with Crippen molar-refractivity contribution in [2.75, 3.05) is 26.2 Å². The average Bonchev–Trinajstić information content (AvgIpc) is 2.37. The fraction of sp³-hybridized carbons (Fsp3) is 1.00. The number of unbranched alkanes of at least 4 members (excludes halogenated alkanes) is 4. The van der Waals surface area contributed by atoms with Gasteiger partial charge in [0.1, 0.15) is 0 Å². The summed E-state index contributed by atoms with van der Waals surface area (Å²) in [5, 5.41) is 0. The number of halogens is 1. The summed E-state index contributed by atoms with van der Waals surface area (Å²) >= 11 is 0. The zero-order chi connectivity index (χ0) is 13.0. The summed E-state index contributed by atoms with van der Waals surface area (Å²) in [4.78, 5) is 0. The van der Waals surface area contributed by atoms with Crippen molar-refractivity contribution in [3.8, 4) is 0 Å². The Bertz CT molecular complexity index is 133. The molecule has 20 heavy (non-hydrogen) atoms. The minimum atomic E-state index is 0. The van der Waals surface area contributed by atoms with E-state index in [1.807, 2.05) is 0 Å². The molecule has 0 atom stereocenters. The van der Waals surface area contributed by atoms with Gasteiger partial charge in [0.15, 0.2) is 0 Å². The van der Waals surface area contributed by atoms with Crippen LogP contribution < -0.4 is 46.5 Å².